The lowest BCUT2D eigenvalue weighted by atomic mass is 10.1. The predicted molar refractivity (Wildman–Crippen MR) is 89.6 cm³/mol. The Balaban J connectivity index is 0.00000242. The minimum Gasteiger partial charge on any atom is -0.337 e. The summed E-state index contributed by atoms with van der Waals surface area (Å²) in [6.07, 6.45) is 4.21. The maximum Gasteiger partial charge on any atom is 0.276 e. The first-order valence-corrected chi connectivity index (χ1v) is 8.10. The average molecular weight is 330 g/mol. The lowest BCUT2D eigenvalue weighted by molar-refractivity contribution is 0.0755. The summed E-state index contributed by atoms with van der Waals surface area (Å²) >= 11 is 0. The van der Waals surface area contributed by atoms with Gasteiger partial charge in [0, 0.05) is 13.1 Å². The third-order valence-corrected chi connectivity index (χ3v) is 4.24. The Labute approximate surface area is 139 Å². The van der Waals surface area contributed by atoms with Crippen LogP contribution in [0.2, 0.25) is 0 Å². The quantitative estimate of drug-likeness (QED) is 0.869. The number of nitrogens with one attached hydrogen (secondary N) is 1. The molecule has 0 bridgehead atoms. The van der Waals surface area contributed by atoms with Gasteiger partial charge in [-0.15, -0.1) is 17.5 Å². The van der Waals surface area contributed by atoms with Crippen LogP contribution < -0.4 is 5.32 Å². The average Bonchev–Trinajstić information content (AvgIpc) is 2.90. The Morgan fingerprint density at radius 1 is 1.36 bits per heavy atom. The van der Waals surface area contributed by atoms with Crippen LogP contribution in [0.5, 0.6) is 0 Å². The Morgan fingerprint density at radius 3 is 2.64 bits per heavy atom. The van der Waals surface area contributed by atoms with Gasteiger partial charge in [-0.05, 0) is 46.2 Å². The molecule has 0 atom stereocenters. The summed E-state index contributed by atoms with van der Waals surface area (Å²) in [5, 5.41) is 11.8. The normalized spacial score (nSPS) is 15.4. The number of unbranched alkanes of at least 4 members (excludes halogenated alkanes) is 1. The zero-order chi connectivity index (χ0) is 15.2. The van der Waals surface area contributed by atoms with Gasteiger partial charge in [0.05, 0.1) is 11.7 Å². The summed E-state index contributed by atoms with van der Waals surface area (Å²) in [4.78, 5) is 14.5. The monoisotopic (exact) mass is 329 g/mol. The first-order valence-electron chi connectivity index (χ1n) is 8.10. The van der Waals surface area contributed by atoms with Gasteiger partial charge in [-0.1, -0.05) is 18.6 Å². The SMILES string of the molecule is CCCCN(CC)C(=O)c1nnn(C2CCNCC2)c1C.Cl. The van der Waals surface area contributed by atoms with Gasteiger partial charge in [0.2, 0.25) is 0 Å². The highest BCUT2D eigenvalue weighted by Gasteiger charge is 2.25. The molecule has 1 saturated heterocycles. The highest BCUT2D eigenvalue weighted by Crippen LogP contribution is 2.20. The van der Waals surface area contributed by atoms with E-state index in [0.717, 1.165) is 57.6 Å². The molecule has 0 aromatic carbocycles. The number of nitrogens with zero attached hydrogens (tertiary/aromatic N) is 4. The van der Waals surface area contributed by atoms with Crippen LogP contribution in [0.3, 0.4) is 0 Å². The maximum atomic E-state index is 12.6. The largest absolute Gasteiger partial charge is 0.337 e. The van der Waals surface area contributed by atoms with Crippen LogP contribution in [0.25, 0.3) is 0 Å². The van der Waals surface area contributed by atoms with Crippen molar-refractivity contribution in [3.8, 4) is 0 Å². The molecule has 0 spiro atoms. The van der Waals surface area contributed by atoms with Crippen LogP contribution >= 0.6 is 12.4 Å². The molecular weight excluding hydrogens is 302 g/mol. The van der Waals surface area contributed by atoms with Crippen molar-refractivity contribution in [3.63, 3.8) is 0 Å². The molecule has 1 fully saturated rings. The molecule has 126 valence electrons. The Hall–Kier alpha value is -1.14. The van der Waals surface area contributed by atoms with Crippen molar-refractivity contribution in [2.24, 2.45) is 0 Å². The predicted octanol–water partition coefficient (Wildman–Crippen LogP) is 2.20. The molecule has 0 unspecified atom stereocenters. The minimum atomic E-state index is 0. The van der Waals surface area contributed by atoms with Gasteiger partial charge in [-0.25, -0.2) is 4.68 Å². The molecular formula is C15H28ClN5O. The van der Waals surface area contributed by atoms with Crippen molar-refractivity contribution >= 4 is 18.3 Å². The van der Waals surface area contributed by atoms with Crippen molar-refractivity contribution in [3.05, 3.63) is 11.4 Å². The van der Waals surface area contributed by atoms with Crippen LogP contribution in [0.4, 0.5) is 0 Å². The highest BCUT2D eigenvalue weighted by molar-refractivity contribution is 5.93. The third-order valence-electron chi connectivity index (χ3n) is 4.24. The molecule has 1 aliphatic heterocycles. The first-order chi connectivity index (χ1) is 10.2. The molecule has 0 saturated carbocycles. The summed E-state index contributed by atoms with van der Waals surface area (Å²) in [5.41, 5.74) is 1.42. The fraction of sp³-hybridized carbons (Fsp3) is 0.800. The van der Waals surface area contributed by atoms with E-state index in [4.69, 9.17) is 0 Å². The van der Waals surface area contributed by atoms with Gasteiger partial charge >= 0.3 is 0 Å². The molecule has 0 aliphatic carbocycles. The molecule has 1 amide bonds. The van der Waals surface area contributed by atoms with Crippen molar-refractivity contribution in [2.45, 2.75) is 52.5 Å². The highest BCUT2D eigenvalue weighted by atomic mass is 35.5. The molecule has 7 heteroatoms. The molecule has 2 rings (SSSR count). The molecule has 2 heterocycles. The zero-order valence-corrected chi connectivity index (χ0v) is 14.7. The Morgan fingerprint density at radius 2 is 2.05 bits per heavy atom. The molecule has 1 N–H and O–H groups in total. The molecule has 1 aliphatic rings. The summed E-state index contributed by atoms with van der Waals surface area (Å²) < 4.78 is 1.95. The lowest BCUT2D eigenvalue weighted by Crippen LogP contribution is -2.33. The van der Waals surface area contributed by atoms with E-state index in [9.17, 15) is 4.79 Å². The van der Waals surface area contributed by atoms with E-state index in [1.54, 1.807) is 0 Å². The second kappa shape index (κ2) is 9.10. The van der Waals surface area contributed by atoms with E-state index < -0.39 is 0 Å². The standard InChI is InChI=1S/C15H27N5O.ClH/c1-4-6-11-19(5-2)15(21)14-12(3)20(18-17-14)13-7-9-16-10-8-13;/h13,16H,4-11H2,1-3H3;1H. The van der Waals surface area contributed by atoms with Gasteiger partial charge in [0.15, 0.2) is 5.69 Å². The maximum absolute atomic E-state index is 12.6. The Kier molecular flexibility index (Phi) is 7.82. The smallest absolute Gasteiger partial charge is 0.276 e. The zero-order valence-electron chi connectivity index (χ0n) is 13.8. The van der Waals surface area contributed by atoms with Crippen LogP contribution in [-0.4, -0.2) is 52.0 Å². The van der Waals surface area contributed by atoms with Crippen LogP contribution in [0.15, 0.2) is 0 Å². The number of amides is 1. The third kappa shape index (κ3) is 4.20. The van der Waals surface area contributed by atoms with Gasteiger partial charge in [0.25, 0.3) is 5.91 Å². The van der Waals surface area contributed by atoms with Crippen LogP contribution in [-0.2, 0) is 0 Å². The lowest BCUT2D eigenvalue weighted by Gasteiger charge is -2.24. The van der Waals surface area contributed by atoms with E-state index in [2.05, 4.69) is 22.6 Å². The summed E-state index contributed by atoms with van der Waals surface area (Å²) in [6.45, 7) is 9.64. The van der Waals surface area contributed by atoms with E-state index in [-0.39, 0.29) is 18.3 Å². The number of halogens is 1. The number of carbonyl (C=O) groups excluding carboxylic acids is 1. The van der Waals surface area contributed by atoms with Crippen molar-refractivity contribution in [2.75, 3.05) is 26.2 Å². The van der Waals surface area contributed by atoms with E-state index in [0.29, 0.717) is 11.7 Å². The van der Waals surface area contributed by atoms with Crippen molar-refractivity contribution in [1.82, 2.24) is 25.2 Å². The second-order valence-corrected chi connectivity index (χ2v) is 5.69. The van der Waals surface area contributed by atoms with Crippen molar-refractivity contribution < 1.29 is 4.79 Å². The van der Waals surface area contributed by atoms with Crippen LogP contribution in [0.1, 0.15) is 61.8 Å². The van der Waals surface area contributed by atoms with Crippen molar-refractivity contribution in [1.29, 1.82) is 0 Å². The van der Waals surface area contributed by atoms with E-state index in [1.165, 1.54) is 0 Å². The molecule has 1 aromatic heterocycles. The van der Waals surface area contributed by atoms with Gasteiger partial charge in [0.1, 0.15) is 0 Å². The number of piperidine rings is 1. The fourth-order valence-corrected chi connectivity index (χ4v) is 2.84. The summed E-state index contributed by atoms with van der Waals surface area (Å²) in [5.74, 6) is 0.0173. The minimum absolute atomic E-state index is 0. The Bertz CT molecular complexity index is 470. The van der Waals surface area contributed by atoms with Gasteiger partial charge in [-0.3, -0.25) is 4.79 Å². The molecule has 6 nitrogen and oxygen atoms in total. The molecule has 1 aromatic rings. The fourth-order valence-electron chi connectivity index (χ4n) is 2.84. The number of rotatable bonds is 6. The van der Waals surface area contributed by atoms with Gasteiger partial charge < -0.3 is 10.2 Å². The number of carbonyl (C=O) groups is 1. The van der Waals surface area contributed by atoms with Gasteiger partial charge in [-0.2, -0.15) is 0 Å². The summed E-state index contributed by atoms with van der Waals surface area (Å²) in [6, 6.07) is 0.367. The topological polar surface area (TPSA) is 63.1 Å². The second-order valence-electron chi connectivity index (χ2n) is 5.69. The number of hydrogen-bond donors (Lipinski definition) is 1. The van der Waals surface area contributed by atoms with E-state index in [1.807, 2.05) is 23.4 Å². The number of aromatic nitrogens is 3. The van der Waals surface area contributed by atoms with Crippen LogP contribution in [0, 0.1) is 6.92 Å². The number of hydrogen-bond acceptors (Lipinski definition) is 4. The van der Waals surface area contributed by atoms with E-state index >= 15 is 0 Å². The first kappa shape index (κ1) is 18.9. The molecule has 22 heavy (non-hydrogen) atoms. The summed E-state index contributed by atoms with van der Waals surface area (Å²) in [7, 11) is 0. The molecule has 0 radical (unpaired) electrons.